The van der Waals surface area contributed by atoms with Crippen LogP contribution in [0.15, 0.2) is 18.2 Å². The third-order valence-corrected chi connectivity index (χ3v) is 5.61. The van der Waals surface area contributed by atoms with Crippen molar-refractivity contribution in [1.82, 2.24) is 5.32 Å². The van der Waals surface area contributed by atoms with Gasteiger partial charge in [0.2, 0.25) is 5.91 Å². The fourth-order valence-electron chi connectivity index (χ4n) is 3.76. The Morgan fingerprint density at radius 3 is 2.60 bits per heavy atom. The molecule has 0 saturated carbocycles. The van der Waals surface area contributed by atoms with Crippen molar-refractivity contribution < 1.29 is 19.0 Å². The molecule has 5 nitrogen and oxygen atoms in total. The molecule has 0 unspecified atom stereocenters. The van der Waals surface area contributed by atoms with E-state index in [1.54, 1.807) is 7.11 Å². The van der Waals surface area contributed by atoms with Crippen molar-refractivity contribution in [2.75, 3.05) is 40.1 Å². The minimum Gasteiger partial charge on any atom is -0.496 e. The summed E-state index contributed by atoms with van der Waals surface area (Å²) >= 11 is 6.25. The number of rotatable bonds is 5. The van der Waals surface area contributed by atoms with Crippen molar-refractivity contribution in [3.63, 3.8) is 0 Å². The lowest BCUT2D eigenvalue weighted by Crippen LogP contribution is -2.46. The van der Waals surface area contributed by atoms with Crippen LogP contribution in [0.1, 0.15) is 31.2 Å². The number of amides is 1. The largest absolute Gasteiger partial charge is 0.496 e. The summed E-state index contributed by atoms with van der Waals surface area (Å²) in [6.07, 6.45) is 3.25. The number of carbonyl (C=O) groups excluding carboxylic acids is 1. The first-order valence-electron chi connectivity index (χ1n) is 8.92. The highest BCUT2D eigenvalue weighted by Gasteiger charge is 2.38. The highest BCUT2D eigenvalue weighted by molar-refractivity contribution is 6.30. The van der Waals surface area contributed by atoms with Gasteiger partial charge in [-0.3, -0.25) is 4.79 Å². The molecule has 0 spiro atoms. The Labute approximate surface area is 154 Å². The topological polar surface area (TPSA) is 56.8 Å². The summed E-state index contributed by atoms with van der Waals surface area (Å²) in [5.41, 5.74) is 0.841. The van der Waals surface area contributed by atoms with Crippen molar-refractivity contribution in [2.45, 2.75) is 31.1 Å². The molecule has 138 valence electrons. The molecule has 0 bridgehead atoms. The van der Waals surface area contributed by atoms with Crippen molar-refractivity contribution >= 4 is 17.5 Å². The van der Waals surface area contributed by atoms with Crippen LogP contribution in [0.2, 0.25) is 5.02 Å². The normalized spacial score (nSPS) is 20.9. The van der Waals surface area contributed by atoms with E-state index in [-0.39, 0.29) is 17.2 Å². The molecule has 1 amide bonds. The van der Waals surface area contributed by atoms with E-state index < -0.39 is 0 Å². The molecular weight excluding hydrogens is 342 g/mol. The van der Waals surface area contributed by atoms with Crippen molar-refractivity contribution in [3.05, 3.63) is 28.8 Å². The van der Waals surface area contributed by atoms with Gasteiger partial charge in [-0.05, 0) is 43.9 Å². The maximum Gasteiger partial charge on any atom is 0.223 e. The number of methoxy groups -OCH3 is 1. The minimum absolute atomic E-state index is 0.0481. The zero-order valence-electron chi connectivity index (χ0n) is 14.7. The van der Waals surface area contributed by atoms with Gasteiger partial charge in [0.25, 0.3) is 0 Å². The van der Waals surface area contributed by atoms with Gasteiger partial charge in [0.1, 0.15) is 5.75 Å². The molecule has 0 aliphatic carbocycles. The molecule has 0 atom stereocenters. The van der Waals surface area contributed by atoms with Crippen LogP contribution >= 0.6 is 11.6 Å². The highest BCUT2D eigenvalue weighted by Crippen LogP contribution is 2.40. The molecule has 2 aliphatic rings. The van der Waals surface area contributed by atoms with Gasteiger partial charge in [0, 0.05) is 54.9 Å². The summed E-state index contributed by atoms with van der Waals surface area (Å²) in [5, 5.41) is 3.86. The van der Waals surface area contributed by atoms with Gasteiger partial charge in [-0.15, -0.1) is 0 Å². The Morgan fingerprint density at radius 1 is 1.24 bits per heavy atom. The molecule has 1 N–H and O–H groups in total. The van der Waals surface area contributed by atoms with Crippen molar-refractivity contribution in [2.24, 2.45) is 5.92 Å². The number of hydrogen-bond acceptors (Lipinski definition) is 4. The summed E-state index contributed by atoms with van der Waals surface area (Å²) in [6, 6.07) is 5.69. The van der Waals surface area contributed by atoms with Gasteiger partial charge in [-0.25, -0.2) is 0 Å². The number of nitrogens with one attached hydrogen (secondary N) is 1. The highest BCUT2D eigenvalue weighted by atomic mass is 35.5. The molecule has 2 saturated heterocycles. The predicted octanol–water partition coefficient (Wildman–Crippen LogP) is 2.94. The molecule has 25 heavy (non-hydrogen) atoms. The standard InChI is InChI=1S/C19H26ClNO4/c1-23-17-3-2-15(20)12-16(17)19(6-10-25-11-7-19)13-21-18(22)14-4-8-24-9-5-14/h2-3,12,14H,4-11,13H2,1H3,(H,21,22). The molecule has 3 rings (SSSR count). The third kappa shape index (κ3) is 4.27. The van der Waals surface area contributed by atoms with Crippen LogP contribution in [-0.2, 0) is 19.7 Å². The summed E-state index contributed by atoms with van der Waals surface area (Å²) in [4.78, 5) is 12.6. The maximum atomic E-state index is 12.6. The Bertz CT molecular complexity index is 595. The minimum atomic E-state index is -0.213. The lowest BCUT2D eigenvalue weighted by Gasteiger charge is -2.39. The molecule has 2 fully saturated rings. The number of hydrogen-bond donors (Lipinski definition) is 1. The van der Waals surface area contributed by atoms with E-state index in [1.165, 1.54) is 0 Å². The number of carbonyl (C=O) groups is 1. The Hall–Kier alpha value is -1.30. The van der Waals surface area contributed by atoms with Crippen LogP contribution in [0.5, 0.6) is 5.75 Å². The van der Waals surface area contributed by atoms with Gasteiger partial charge in [0.15, 0.2) is 0 Å². The van der Waals surface area contributed by atoms with E-state index in [9.17, 15) is 4.79 Å². The zero-order chi connectivity index (χ0) is 17.7. The van der Waals surface area contributed by atoms with Gasteiger partial charge in [-0.2, -0.15) is 0 Å². The van der Waals surface area contributed by atoms with E-state index >= 15 is 0 Å². The smallest absolute Gasteiger partial charge is 0.223 e. The summed E-state index contributed by atoms with van der Waals surface area (Å²) in [5.74, 6) is 0.980. The van der Waals surface area contributed by atoms with Crippen LogP contribution in [0.4, 0.5) is 0 Å². The van der Waals surface area contributed by atoms with Crippen LogP contribution in [0, 0.1) is 5.92 Å². The number of halogens is 1. The first-order chi connectivity index (χ1) is 12.1. The van der Waals surface area contributed by atoms with Gasteiger partial charge >= 0.3 is 0 Å². The summed E-state index contributed by atoms with van der Waals surface area (Å²) in [6.45, 7) is 3.24. The summed E-state index contributed by atoms with van der Waals surface area (Å²) in [7, 11) is 1.67. The van der Waals surface area contributed by atoms with Gasteiger partial charge in [0.05, 0.1) is 7.11 Å². The molecule has 0 radical (unpaired) electrons. The van der Waals surface area contributed by atoms with Gasteiger partial charge < -0.3 is 19.5 Å². The second-order valence-corrected chi connectivity index (χ2v) is 7.28. The molecule has 1 aromatic carbocycles. The van der Waals surface area contributed by atoms with Crippen molar-refractivity contribution in [3.8, 4) is 5.75 Å². The lowest BCUT2D eigenvalue weighted by atomic mass is 9.73. The summed E-state index contributed by atoms with van der Waals surface area (Å²) < 4.78 is 16.5. The molecular formula is C19H26ClNO4. The van der Waals surface area contributed by atoms with Crippen LogP contribution in [0.3, 0.4) is 0 Å². The Kier molecular flexibility index (Phi) is 6.20. The fraction of sp³-hybridized carbons (Fsp3) is 0.632. The maximum absolute atomic E-state index is 12.6. The zero-order valence-corrected chi connectivity index (χ0v) is 15.4. The van der Waals surface area contributed by atoms with Crippen LogP contribution < -0.4 is 10.1 Å². The van der Waals surface area contributed by atoms with Crippen LogP contribution in [-0.4, -0.2) is 46.0 Å². The van der Waals surface area contributed by atoms with E-state index in [4.69, 9.17) is 25.8 Å². The average molecular weight is 368 g/mol. The average Bonchev–Trinajstić information content (AvgIpc) is 2.67. The SMILES string of the molecule is COc1ccc(Cl)cc1C1(CNC(=O)C2CCOCC2)CCOCC1. The second kappa shape index (κ2) is 8.39. The molecule has 2 heterocycles. The Morgan fingerprint density at radius 2 is 1.92 bits per heavy atom. The molecule has 1 aromatic rings. The predicted molar refractivity (Wildman–Crippen MR) is 96.3 cm³/mol. The number of ether oxygens (including phenoxy) is 3. The van der Waals surface area contributed by atoms with Crippen LogP contribution in [0.25, 0.3) is 0 Å². The fourth-order valence-corrected chi connectivity index (χ4v) is 3.93. The lowest BCUT2D eigenvalue weighted by molar-refractivity contribution is -0.128. The van der Waals surface area contributed by atoms with E-state index in [2.05, 4.69) is 5.32 Å². The Balaban J connectivity index is 1.79. The monoisotopic (exact) mass is 367 g/mol. The second-order valence-electron chi connectivity index (χ2n) is 6.84. The third-order valence-electron chi connectivity index (χ3n) is 5.38. The van der Waals surface area contributed by atoms with E-state index in [0.29, 0.717) is 38.0 Å². The molecule has 0 aromatic heterocycles. The molecule has 2 aliphatic heterocycles. The quantitative estimate of drug-likeness (QED) is 0.869. The van der Waals surface area contributed by atoms with Crippen molar-refractivity contribution in [1.29, 1.82) is 0 Å². The van der Waals surface area contributed by atoms with E-state index in [1.807, 2.05) is 18.2 Å². The van der Waals surface area contributed by atoms with E-state index in [0.717, 1.165) is 37.0 Å². The number of benzene rings is 1. The van der Waals surface area contributed by atoms with Gasteiger partial charge in [-0.1, -0.05) is 11.6 Å². The first kappa shape index (κ1) is 18.5. The molecule has 6 heteroatoms. The first-order valence-corrected chi connectivity index (χ1v) is 9.30.